The zero-order valence-electron chi connectivity index (χ0n) is 13.5. The standard InChI is InChI=1S/C15H26N2O2S2/c1-10-8-14(20-13(10)9-16-12-6-7-12)21(18,19)17-11(2)15(3,4)5/h8,11-12,16-17H,6-7,9H2,1-5H3. The van der Waals surface area contributed by atoms with Crippen LogP contribution in [-0.4, -0.2) is 20.5 Å². The molecule has 1 heterocycles. The minimum absolute atomic E-state index is 0.101. The summed E-state index contributed by atoms with van der Waals surface area (Å²) in [4.78, 5) is 1.12. The third kappa shape index (κ3) is 4.52. The molecule has 0 spiro atoms. The molecule has 0 aliphatic heterocycles. The van der Waals surface area contributed by atoms with Gasteiger partial charge in [-0.1, -0.05) is 20.8 Å². The Morgan fingerprint density at radius 2 is 2.00 bits per heavy atom. The first-order valence-electron chi connectivity index (χ1n) is 7.44. The van der Waals surface area contributed by atoms with Crippen LogP contribution in [0.25, 0.3) is 0 Å². The molecule has 21 heavy (non-hydrogen) atoms. The van der Waals surface area contributed by atoms with Gasteiger partial charge in [-0.3, -0.25) is 0 Å². The SMILES string of the molecule is Cc1cc(S(=O)(=O)NC(C)C(C)(C)C)sc1CNC1CC1. The lowest BCUT2D eigenvalue weighted by Gasteiger charge is -2.27. The minimum atomic E-state index is -3.43. The van der Waals surface area contributed by atoms with Crippen molar-refractivity contribution in [2.75, 3.05) is 0 Å². The summed E-state index contributed by atoms with van der Waals surface area (Å²) in [5, 5.41) is 3.44. The molecule has 1 aromatic heterocycles. The van der Waals surface area contributed by atoms with E-state index in [9.17, 15) is 8.42 Å². The Kier molecular flexibility index (Phi) is 4.83. The number of hydrogen-bond acceptors (Lipinski definition) is 4. The summed E-state index contributed by atoms with van der Waals surface area (Å²) in [6.07, 6.45) is 2.47. The largest absolute Gasteiger partial charge is 0.309 e. The Balaban J connectivity index is 2.10. The van der Waals surface area contributed by atoms with E-state index < -0.39 is 10.0 Å². The van der Waals surface area contributed by atoms with E-state index in [0.29, 0.717) is 10.3 Å². The van der Waals surface area contributed by atoms with Crippen LogP contribution < -0.4 is 10.0 Å². The molecule has 1 aliphatic rings. The predicted molar refractivity (Wildman–Crippen MR) is 88.2 cm³/mol. The molecule has 2 rings (SSSR count). The molecule has 1 aliphatic carbocycles. The van der Waals surface area contributed by atoms with Crippen molar-refractivity contribution in [2.45, 2.75) is 70.3 Å². The third-order valence-corrected chi connectivity index (χ3v) is 7.27. The van der Waals surface area contributed by atoms with Crippen molar-refractivity contribution in [1.29, 1.82) is 0 Å². The second-order valence-corrected chi connectivity index (χ2v) is 10.1. The first-order valence-corrected chi connectivity index (χ1v) is 9.74. The van der Waals surface area contributed by atoms with Crippen LogP contribution in [0.2, 0.25) is 0 Å². The van der Waals surface area contributed by atoms with Gasteiger partial charge in [-0.25, -0.2) is 13.1 Å². The lowest BCUT2D eigenvalue weighted by Crippen LogP contribution is -2.41. The van der Waals surface area contributed by atoms with Crippen LogP contribution in [0.4, 0.5) is 0 Å². The molecule has 0 aromatic carbocycles. The second kappa shape index (κ2) is 5.99. The van der Waals surface area contributed by atoms with E-state index in [4.69, 9.17) is 0 Å². The molecule has 0 saturated heterocycles. The van der Waals surface area contributed by atoms with Gasteiger partial charge in [-0.15, -0.1) is 11.3 Å². The van der Waals surface area contributed by atoms with E-state index in [1.807, 2.05) is 34.6 Å². The van der Waals surface area contributed by atoms with Gasteiger partial charge in [0, 0.05) is 23.5 Å². The van der Waals surface area contributed by atoms with Gasteiger partial charge in [-0.2, -0.15) is 0 Å². The van der Waals surface area contributed by atoms with Crippen LogP contribution in [0.3, 0.4) is 0 Å². The van der Waals surface area contributed by atoms with Gasteiger partial charge in [0.2, 0.25) is 10.0 Å². The lowest BCUT2D eigenvalue weighted by atomic mass is 9.89. The number of aryl methyl sites for hydroxylation is 1. The quantitative estimate of drug-likeness (QED) is 0.843. The van der Waals surface area contributed by atoms with Crippen LogP contribution >= 0.6 is 11.3 Å². The zero-order chi connectivity index (χ0) is 15.8. The highest BCUT2D eigenvalue weighted by molar-refractivity contribution is 7.91. The Bertz CT molecular complexity index is 596. The molecule has 1 fully saturated rings. The van der Waals surface area contributed by atoms with Crippen molar-refractivity contribution in [3.05, 3.63) is 16.5 Å². The molecule has 0 bridgehead atoms. The Morgan fingerprint density at radius 1 is 1.38 bits per heavy atom. The minimum Gasteiger partial charge on any atom is -0.309 e. The fraction of sp³-hybridized carbons (Fsp3) is 0.733. The number of sulfonamides is 1. The molecule has 120 valence electrons. The summed E-state index contributed by atoms with van der Waals surface area (Å²) in [6.45, 7) is 10.8. The Labute approximate surface area is 132 Å². The number of hydrogen-bond donors (Lipinski definition) is 2. The highest BCUT2D eigenvalue weighted by atomic mass is 32.2. The molecule has 6 heteroatoms. The molecular formula is C15H26N2O2S2. The number of thiophene rings is 1. The zero-order valence-corrected chi connectivity index (χ0v) is 15.1. The maximum Gasteiger partial charge on any atom is 0.250 e. The van der Waals surface area contributed by atoms with E-state index >= 15 is 0 Å². The molecule has 0 amide bonds. The predicted octanol–water partition coefficient (Wildman–Crippen LogP) is 3.02. The second-order valence-electron chi connectivity index (χ2n) is 7.04. The van der Waals surface area contributed by atoms with E-state index in [0.717, 1.165) is 17.0 Å². The molecule has 1 saturated carbocycles. The summed E-state index contributed by atoms with van der Waals surface area (Å²) < 4.78 is 28.2. The van der Waals surface area contributed by atoms with Gasteiger partial charge in [0.05, 0.1) is 0 Å². The molecule has 1 atom stereocenters. The van der Waals surface area contributed by atoms with Gasteiger partial charge in [0.1, 0.15) is 4.21 Å². The molecular weight excluding hydrogens is 304 g/mol. The molecule has 1 unspecified atom stereocenters. The van der Waals surface area contributed by atoms with E-state index in [2.05, 4.69) is 10.0 Å². The van der Waals surface area contributed by atoms with E-state index in [1.54, 1.807) is 6.07 Å². The topological polar surface area (TPSA) is 58.2 Å². The van der Waals surface area contributed by atoms with E-state index in [-0.39, 0.29) is 11.5 Å². The normalized spacial score (nSPS) is 18.0. The van der Waals surface area contributed by atoms with Crippen molar-refractivity contribution in [3.8, 4) is 0 Å². The van der Waals surface area contributed by atoms with Gasteiger partial charge < -0.3 is 5.32 Å². The lowest BCUT2D eigenvalue weighted by molar-refractivity contribution is 0.318. The van der Waals surface area contributed by atoms with Crippen LogP contribution in [0.1, 0.15) is 51.0 Å². The fourth-order valence-electron chi connectivity index (χ4n) is 1.79. The van der Waals surface area contributed by atoms with Crippen molar-refractivity contribution in [1.82, 2.24) is 10.0 Å². The highest BCUT2D eigenvalue weighted by Gasteiger charge is 2.28. The smallest absolute Gasteiger partial charge is 0.250 e. The first kappa shape index (κ1) is 16.9. The van der Waals surface area contributed by atoms with Crippen LogP contribution in [0, 0.1) is 12.3 Å². The summed E-state index contributed by atoms with van der Waals surface area (Å²) in [5.74, 6) is 0. The maximum atomic E-state index is 12.5. The molecule has 2 N–H and O–H groups in total. The summed E-state index contributed by atoms with van der Waals surface area (Å²) in [6, 6.07) is 2.30. The Morgan fingerprint density at radius 3 is 2.52 bits per heavy atom. The average Bonchev–Trinajstić information content (AvgIpc) is 3.08. The van der Waals surface area contributed by atoms with E-state index in [1.165, 1.54) is 24.2 Å². The number of rotatable bonds is 6. The molecule has 0 radical (unpaired) electrons. The molecule has 4 nitrogen and oxygen atoms in total. The average molecular weight is 331 g/mol. The van der Waals surface area contributed by atoms with Gasteiger partial charge in [-0.05, 0) is 43.7 Å². The first-order chi connectivity index (χ1) is 9.59. The van der Waals surface area contributed by atoms with Gasteiger partial charge >= 0.3 is 0 Å². The van der Waals surface area contributed by atoms with Crippen LogP contribution in [0.5, 0.6) is 0 Å². The van der Waals surface area contributed by atoms with Gasteiger partial charge in [0.25, 0.3) is 0 Å². The van der Waals surface area contributed by atoms with Crippen LogP contribution in [0.15, 0.2) is 10.3 Å². The fourth-order valence-corrected chi connectivity index (χ4v) is 4.79. The summed E-state index contributed by atoms with van der Waals surface area (Å²) in [7, 11) is -3.43. The summed E-state index contributed by atoms with van der Waals surface area (Å²) in [5.41, 5.74) is 0.951. The maximum absolute atomic E-state index is 12.5. The third-order valence-electron chi connectivity index (χ3n) is 4.02. The van der Waals surface area contributed by atoms with Crippen LogP contribution in [-0.2, 0) is 16.6 Å². The van der Waals surface area contributed by atoms with Crippen molar-refractivity contribution < 1.29 is 8.42 Å². The van der Waals surface area contributed by atoms with Crippen molar-refractivity contribution >= 4 is 21.4 Å². The highest BCUT2D eigenvalue weighted by Crippen LogP contribution is 2.29. The Hall–Kier alpha value is -0.430. The van der Waals surface area contributed by atoms with Crippen molar-refractivity contribution in [2.24, 2.45) is 5.41 Å². The van der Waals surface area contributed by atoms with Gasteiger partial charge in [0.15, 0.2) is 0 Å². The summed E-state index contributed by atoms with van der Waals surface area (Å²) >= 11 is 1.38. The van der Waals surface area contributed by atoms with Crippen molar-refractivity contribution in [3.63, 3.8) is 0 Å². The number of nitrogens with one attached hydrogen (secondary N) is 2. The monoisotopic (exact) mass is 330 g/mol. The molecule has 1 aromatic rings.